The van der Waals surface area contributed by atoms with Crippen LogP contribution in [0.4, 0.5) is 23.7 Å². The SMILES string of the molecule is Cc1ccc(C(=O)NC2Cc3ccccc3/C2=N\NC(=O)Nc2ccc(OC(F)(F)F)cc2)cc1. The molecule has 4 rings (SSSR count). The lowest BCUT2D eigenvalue weighted by atomic mass is 10.1. The first kappa shape index (κ1) is 23.8. The molecule has 180 valence electrons. The van der Waals surface area contributed by atoms with Crippen LogP contribution in [0.15, 0.2) is 77.9 Å². The number of amides is 3. The Morgan fingerprint density at radius 2 is 1.66 bits per heavy atom. The van der Waals surface area contributed by atoms with Crippen LogP contribution >= 0.6 is 0 Å². The van der Waals surface area contributed by atoms with E-state index in [4.69, 9.17) is 0 Å². The Bertz CT molecular complexity index is 1260. The highest BCUT2D eigenvalue weighted by molar-refractivity contribution is 6.11. The monoisotopic (exact) mass is 482 g/mol. The molecular weight excluding hydrogens is 461 g/mol. The van der Waals surface area contributed by atoms with Crippen molar-refractivity contribution in [2.75, 3.05) is 5.32 Å². The first-order chi connectivity index (χ1) is 16.7. The predicted molar refractivity (Wildman–Crippen MR) is 124 cm³/mol. The smallest absolute Gasteiger partial charge is 0.406 e. The van der Waals surface area contributed by atoms with Gasteiger partial charge in [0, 0.05) is 16.8 Å². The highest BCUT2D eigenvalue weighted by atomic mass is 19.4. The summed E-state index contributed by atoms with van der Waals surface area (Å²) >= 11 is 0. The van der Waals surface area contributed by atoms with Crippen molar-refractivity contribution in [1.29, 1.82) is 0 Å². The van der Waals surface area contributed by atoms with E-state index in [-0.39, 0.29) is 11.6 Å². The molecule has 1 unspecified atom stereocenters. The van der Waals surface area contributed by atoms with Crippen molar-refractivity contribution in [2.45, 2.75) is 25.7 Å². The number of hydrogen-bond acceptors (Lipinski definition) is 4. The molecule has 0 aromatic heterocycles. The standard InChI is InChI=1S/C25H21F3N4O3/c1-15-6-8-16(9-7-15)23(33)30-21-14-17-4-2-3-5-20(17)22(21)31-32-24(34)29-18-10-12-19(13-11-18)35-25(26,27)28/h2-13,21H,14H2,1H3,(H,30,33)(H2,29,32,34)/b31-22+. The van der Waals surface area contributed by atoms with Crippen molar-refractivity contribution in [3.05, 3.63) is 95.1 Å². The molecule has 1 aliphatic carbocycles. The molecule has 0 saturated heterocycles. The maximum absolute atomic E-state index is 12.8. The van der Waals surface area contributed by atoms with E-state index in [0.29, 0.717) is 17.7 Å². The number of benzene rings is 3. The highest BCUT2D eigenvalue weighted by Crippen LogP contribution is 2.25. The number of fused-ring (bicyclic) bond motifs is 1. The summed E-state index contributed by atoms with van der Waals surface area (Å²) < 4.78 is 40.7. The zero-order valence-electron chi connectivity index (χ0n) is 18.5. The van der Waals surface area contributed by atoms with Gasteiger partial charge in [-0.3, -0.25) is 4.79 Å². The summed E-state index contributed by atoms with van der Waals surface area (Å²) in [5.74, 6) is -0.667. The molecule has 7 nitrogen and oxygen atoms in total. The second kappa shape index (κ2) is 9.88. The van der Waals surface area contributed by atoms with Gasteiger partial charge in [0.2, 0.25) is 0 Å². The van der Waals surface area contributed by atoms with Crippen LogP contribution < -0.4 is 20.8 Å². The molecule has 3 amide bonds. The van der Waals surface area contributed by atoms with Crippen LogP contribution in [0.3, 0.4) is 0 Å². The van der Waals surface area contributed by atoms with E-state index in [1.165, 1.54) is 12.1 Å². The topological polar surface area (TPSA) is 91.8 Å². The summed E-state index contributed by atoms with van der Waals surface area (Å²) in [5, 5.41) is 9.68. The molecule has 3 aromatic rings. The van der Waals surface area contributed by atoms with E-state index in [9.17, 15) is 22.8 Å². The minimum atomic E-state index is -4.80. The molecule has 1 aliphatic rings. The fourth-order valence-corrected chi connectivity index (χ4v) is 3.67. The van der Waals surface area contributed by atoms with Crippen LogP contribution in [-0.2, 0) is 6.42 Å². The third kappa shape index (κ3) is 6.17. The lowest BCUT2D eigenvalue weighted by molar-refractivity contribution is -0.274. The third-order valence-corrected chi connectivity index (χ3v) is 5.29. The number of ether oxygens (including phenoxy) is 1. The van der Waals surface area contributed by atoms with Crippen molar-refractivity contribution in [1.82, 2.24) is 10.7 Å². The molecular formula is C25H21F3N4O3. The zero-order valence-corrected chi connectivity index (χ0v) is 18.5. The third-order valence-electron chi connectivity index (χ3n) is 5.29. The number of carbonyl (C=O) groups is 2. The Morgan fingerprint density at radius 1 is 0.971 bits per heavy atom. The van der Waals surface area contributed by atoms with E-state index in [0.717, 1.165) is 28.8 Å². The van der Waals surface area contributed by atoms with Gasteiger partial charge in [-0.05, 0) is 55.3 Å². The first-order valence-corrected chi connectivity index (χ1v) is 10.6. The number of urea groups is 1. The van der Waals surface area contributed by atoms with Gasteiger partial charge in [0.1, 0.15) is 5.75 Å². The predicted octanol–water partition coefficient (Wildman–Crippen LogP) is 4.77. The Labute approximate surface area is 199 Å². The Morgan fingerprint density at radius 3 is 2.34 bits per heavy atom. The summed E-state index contributed by atoms with van der Waals surface area (Å²) in [7, 11) is 0. The van der Waals surface area contributed by atoms with Crippen molar-refractivity contribution >= 4 is 23.3 Å². The second-order valence-corrected chi connectivity index (χ2v) is 7.89. The zero-order chi connectivity index (χ0) is 25.0. The second-order valence-electron chi connectivity index (χ2n) is 7.89. The van der Waals surface area contributed by atoms with Crippen LogP contribution in [0.5, 0.6) is 5.75 Å². The average molecular weight is 482 g/mol. The van der Waals surface area contributed by atoms with Gasteiger partial charge in [0.05, 0.1) is 11.8 Å². The molecule has 0 fully saturated rings. The quantitative estimate of drug-likeness (QED) is 0.458. The van der Waals surface area contributed by atoms with Gasteiger partial charge in [0.15, 0.2) is 0 Å². The van der Waals surface area contributed by atoms with E-state index < -0.39 is 24.2 Å². The number of nitrogens with zero attached hydrogens (tertiary/aromatic N) is 1. The van der Waals surface area contributed by atoms with E-state index in [1.54, 1.807) is 12.1 Å². The van der Waals surface area contributed by atoms with Gasteiger partial charge >= 0.3 is 12.4 Å². The number of nitrogens with one attached hydrogen (secondary N) is 3. The Balaban J connectivity index is 1.44. The first-order valence-electron chi connectivity index (χ1n) is 10.6. The van der Waals surface area contributed by atoms with Crippen molar-refractivity contribution in [2.24, 2.45) is 5.10 Å². The molecule has 0 heterocycles. The number of hydrogen-bond donors (Lipinski definition) is 3. The van der Waals surface area contributed by atoms with Gasteiger partial charge in [-0.1, -0.05) is 42.0 Å². The van der Waals surface area contributed by atoms with Crippen LogP contribution in [0.25, 0.3) is 0 Å². The summed E-state index contributed by atoms with van der Waals surface area (Å²) in [6.45, 7) is 1.93. The molecule has 1 atom stereocenters. The molecule has 0 radical (unpaired) electrons. The van der Waals surface area contributed by atoms with Gasteiger partial charge < -0.3 is 15.4 Å². The maximum Gasteiger partial charge on any atom is 0.573 e. The summed E-state index contributed by atoms with van der Waals surface area (Å²) in [5.41, 5.74) is 6.45. The molecule has 3 aromatic carbocycles. The normalized spacial score (nSPS) is 15.9. The molecule has 35 heavy (non-hydrogen) atoms. The van der Waals surface area contributed by atoms with Crippen LogP contribution in [0.1, 0.15) is 27.0 Å². The van der Waals surface area contributed by atoms with E-state index >= 15 is 0 Å². The number of hydrazone groups is 1. The minimum Gasteiger partial charge on any atom is -0.406 e. The minimum absolute atomic E-state index is 0.244. The Kier molecular flexibility index (Phi) is 6.72. The van der Waals surface area contributed by atoms with Gasteiger partial charge in [0.25, 0.3) is 5.91 Å². The van der Waals surface area contributed by atoms with E-state index in [2.05, 4.69) is 25.9 Å². The van der Waals surface area contributed by atoms with Crippen molar-refractivity contribution < 1.29 is 27.5 Å². The summed E-state index contributed by atoms with van der Waals surface area (Å²) in [4.78, 5) is 25.1. The van der Waals surface area contributed by atoms with Gasteiger partial charge in [-0.15, -0.1) is 13.2 Å². The fraction of sp³-hybridized carbons (Fsp3) is 0.160. The molecule has 0 aliphatic heterocycles. The number of aryl methyl sites for hydroxylation is 1. The van der Waals surface area contributed by atoms with Crippen molar-refractivity contribution in [3.63, 3.8) is 0 Å². The number of alkyl halides is 3. The average Bonchev–Trinajstić information content (AvgIpc) is 3.15. The maximum atomic E-state index is 12.8. The molecule has 0 bridgehead atoms. The van der Waals surface area contributed by atoms with Crippen LogP contribution in [-0.4, -0.2) is 30.1 Å². The number of carbonyl (C=O) groups excluding carboxylic acids is 2. The largest absolute Gasteiger partial charge is 0.573 e. The molecule has 10 heteroatoms. The molecule has 0 spiro atoms. The molecule has 3 N–H and O–H groups in total. The van der Waals surface area contributed by atoms with Crippen LogP contribution in [0, 0.1) is 6.92 Å². The lowest BCUT2D eigenvalue weighted by Gasteiger charge is -2.15. The van der Waals surface area contributed by atoms with Gasteiger partial charge in [-0.2, -0.15) is 5.10 Å². The van der Waals surface area contributed by atoms with Crippen LogP contribution in [0.2, 0.25) is 0 Å². The lowest BCUT2D eigenvalue weighted by Crippen LogP contribution is -2.40. The number of anilines is 1. The highest BCUT2D eigenvalue weighted by Gasteiger charge is 2.31. The number of halogens is 3. The number of rotatable bonds is 5. The van der Waals surface area contributed by atoms with Gasteiger partial charge in [-0.25, -0.2) is 10.2 Å². The summed E-state index contributed by atoms with van der Waals surface area (Å²) in [6, 6.07) is 18.2. The fourth-order valence-electron chi connectivity index (χ4n) is 3.67. The summed E-state index contributed by atoms with van der Waals surface area (Å²) in [6.07, 6.45) is -4.29. The Hall–Kier alpha value is -4.34. The van der Waals surface area contributed by atoms with E-state index in [1.807, 2.05) is 43.3 Å². The van der Waals surface area contributed by atoms with Crippen molar-refractivity contribution in [3.8, 4) is 5.75 Å². The molecule has 0 saturated carbocycles.